The predicted octanol–water partition coefficient (Wildman–Crippen LogP) is 9.76. The van der Waals surface area contributed by atoms with Crippen LogP contribution in [0.25, 0.3) is 49.1 Å². The lowest BCUT2D eigenvalue weighted by atomic mass is 9.94. The molecule has 0 unspecified atom stereocenters. The van der Waals surface area contributed by atoms with E-state index in [9.17, 15) is 0 Å². The van der Waals surface area contributed by atoms with Gasteiger partial charge in [-0.1, -0.05) is 91.0 Å². The van der Waals surface area contributed by atoms with E-state index in [1.54, 1.807) is 0 Å². The second-order valence-corrected chi connectivity index (χ2v) is 10.5. The first-order chi connectivity index (χ1) is 19.9. The third-order valence-electron chi connectivity index (χ3n) is 8.11. The maximum atomic E-state index is 6.66. The summed E-state index contributed by atoms with van der Waals surface area (Å²) < 4.78 is 6.66. The largest absolute Gasteiger partial charge is 0.456 e. The molecule has 8 rings (SSSR count). The SMILES string of the molecule is C1=CNCC(c2cccc3oc4cc(N(C5=CCCC=C5)c5cccc6ccccc56)c5ccccc5c4c23)=C1. The van der Waals surface area contributed by atoms with Gasteiger partial charge in [0, 0.05) is 39.9 Å². The second kappa shape index (κ2) is 9.32. The minimum absolute atomic E-state index is 0.799. The van der Waals surface area contributed by atoms with Gasteiger partial charge in [0.15, 0.2) is 0 Å². The van der Waals surface area contributed by atoms with Crippen molar-refractivity contribution in [2.75, 3.05) is 11.4 Å². The molecule has 0 saturated heterocycles. The van der Waals surface area contributed by atoms with Crippen LogP contribution in [-0.4, -0.2) is 6.54 Å². The summed E-state index contributed by atoms with van der Waals surface area (Å²) in [5.74, 6) is 0. The van der Waals surface area contributed by atoms with E-state index in [4.69, 9.17) is 4.42 Å². The first-order valence-electron chi connectivity index (χ1n) is 14.0. The maximum Gasteiger partial charge on any atom is 0.138 e. The van der Waals surface area contributed by atoms with Crippen LogP contribution < -0.4 is 10.2 Å². The Kier molecular flexibility index (Phi) is 5.34. The van der Waals surface area contributed by atoms with E-state index in [1.807, 2.05) is 6.20 Å². The zero-order valence-electron chi connectivity index (χ0n) is 22.1. The van der Waals surface area contributed by atoms with Gasteiger partial charge in [-0.05, 0) is 65.2 Å². The topological polar surface area (TPSA) is 28.4 Å². The van der Waals surface area contributed by atoms with Crippen molar-refractivity contribution in [2.45, 2.75) is 12.8 Å². The molecule has 1 aromatic heterocycles. The third-order valence-corrected chi connectivity index (χ3v) is 8.11. The number of anilines is 2. The van der Waals surface area contributed by atoms with Crippen molar-refractivity contribution in [1.29, 1.82) is 0 Å². The Balaban J connectivity index is 1.47. The van der Waals surface area contributed by atoms with Gasteiger partial charge in [-0.2, -0.15) is 0 Å². The molecule has 3 heteroatoms. The van der Waals surface area contributed by atoms with E-state index >= 15 is 0 Å². The summed E-state index contributed by atoms with van der Waals surface area (Å²) in [6.07, 6.45) is 15.3. The Morgan fingerprint density at radius 1 is 0.700 bits per heavy atom. The second-order valence-electron chi connectivity index (χ2n) is 10.5. The molecule has 0 spiro atoms. The average Bonchev–Trinajstić information content (AvgIpc) is 3.41. The van der Waals surface area contributed by atoms with E-state index in [1.165, 1.54) is 54.8 Å². The Labute approximate surface area is 233 Å². The molecule has 6 aromatic rings. The van der Waals surface area contributed by atoms with Crippen molar-refractivity contribution in [3.8, 4) is 0 Å². The third kappa shape index (κ3) is 3.59. The van der Waals surface area contributed by atoms with Gasteiger partial charge in [0.2, 0.25) is 0 Å². The molecule has 40 heavy (non-hydrogen) atoms. The molecule has 3 nitrogen and oxygen atoms in total. The van der Waals surface area contributed by atoms with E-state index in [2.05, 4.69) is 132 Å². The molecule has 0 radical (unpaired) electrons. The lowest BCUT2D eigenvalue weighted by Gasteiger charge is -2.30. The van der Waals surface area contributed by atoms with Crippen LogP contribution in [0.15, 0.2) is 138 Å². The highest BCUT2D eigenvalue weighted by atomic mass is 16.3. The van der Waals surface area contributed by atoms with Crippen LogP contribution in [0.3, 0.4) is 0 Å². The first kappa shape index (κ1) is 22.9. The predicted molar refractivity (Wildman–Crippen MR) is 169 cm³/mol. The molecule has 2 heterocycles. The molecular weight excluding hydrogens is 488 g/mol. The highest BCUT2D eigenvalue weighted by Crippen LogP contribution is 2.46. The molecule has 0 bridgehead atoms. The molecule has 0 amide bonds. The van der Waals surface area contributed by atoms with Gasteiger partial charge >= 0.3 is 0 Å². The first-order valence-corrected chi connectivity index (χ1v) is 14.0. The van der Waals surface area contributed by atoms with Gasteiger partial charge in [0.1, 0.15) is 11.2 Å². The van der Waals surface area contributed by atoms with Crippen LogP contribution in [0.5, 0.6) is 0 Å². The number of hydrogen-bond donors (Lipinski definition) is 1. The molecule has 1 N–H and O–H groups in total. The molecule has 0 saturated carbocycles. The Bertz CT molecular complexity index is 2070. The molecule has 0 fully saturated rings. The smallest absolute Gasteiger partial charge is 0.138 e. The van der Waals surface area contributed by atoms with Crippen LogP contribution in [0.1, 0.15) is 18.4 Å². The van der Waals surface area contributed by atoms with Gasteiger partial charge in [0.25, 0.3) is 0 Å². The van der Waals surface area contributed by atoms with Crippen molar-refractivity contribution in [3.05, 3.63) is 139 Å². The molecule has 0 atom stereocenters. The number of hydrogen-bond acceptors (Lipinski definition) is 3. The van der Waals surface area contributed by atoms with Gasteiger partial charge in [-0.3, -0.25) is 0 Å². The van der Waals surface area contributed by atoms with E-state index < -0.39 is 0 Å². The Morgan fingerprint density at radius 3 is 2.38 bits per heavy atom. The van der Waals surface area contributed by atoms with E-state index in [-0.39, 0.29) is 0 Å². The molecule has 1 aliphatic heterocycles. The highest BCUT2D eigenvalue weighted by molar-refractivity contribution is 6.24. The van der Waals surface area contributed by atoms with E-state index in [0.717, 1.165) is 36.2 Å². The summed E-state index contributed by atoms with van der Waals surface area (Å²) in [6, 6.07) is 32.7. The van der Waals surface area contributed by atoms with Gasteiger partial charge in [-0.25, -0.2) is 0 Å². The van der Waals surface area contributed by atoms with Crippen LogP contribution in [0.4, 0.5) is 11.4 Å². The average molecular weight is 517 g/mol. The van der Waals surface area contributed by atoms with Crippen LogP contribution in [-0.2, 0) is 0 Å². The summed E-state index contributed by atoms with van der Waals surface area (Å²) in [5.41, 5.74) is 7.78. The summed E-state index contributed by atoms with van der Waals surface area (Å²) in [7, 11) is 0. The zero-order chi connectivity index (χ0) is 26.5. The number of fused-ring (bicyclic) bond motifs is 6. The van der Waals surface area contributed by atoms with Crippen LogP contribution in [0, 0.1) is 0 Å². The fraction of sp³-hybridized carbons (Fsp3) is 0.0811. The molecule has 1 aliphatic carbocycles. The van der Waals surface area contributed by atoms with Crippen LogP contribution >= 0.6 is 0 Å². The van der Waals surface area contributed by atoms with Gasteiger partial charge in [0.05, 0.1) is 11.4 Å². The van der Waals surface area contributed by atoms with Crippen molar-refractivity contribution in [1.82, 2.24) is 5.32 Å². The zero-order valence-corrected chi connectivity index (χ0v) is 22.1. The number of nitrogens with zero attached hydrogens (tertiary/aromatic N) is 1. The maximum absolute atomic E-state index is 6.66. The van der Waals surface area contributed by atoms with Crippen molar-refractivity contribution < 1.29 is 4.42 Å². The van der Waals surface area contributed by atoms with E-state index in [0.29, 0.717) is 0 Å². The normalized spacial score (nSPS) is 15.0. The van der Waals surface area contributed by atoms with Crippen molar-refractivity contribution in [3.63, 3.8) is 0 Å². The number of dihydropyridines is 1. The monoisotopic (exact) mass is 516 g/mol. The van der Waals surface area contributed by atoms with Crippen LogP contribution in [0.2, 0.25) is 0 Å². The summed E-state index contributed by atoms with van der Waals surface area (Å²) >= 11 is 0. The molecule has 192 valence electrons. The fourth-order valence-corrected chi connectivity index (χ4v) is 6.34. The summed E-state index contributed by atoms with van der Waals surface area (Å²) in [6.45, 7) is 0.799. The lowest BCUT2D eigenvalue weighted by Crippen LogP contribution is -2.17. The highest BCUT2D eigenvalue weighted by Gasteiger charge is 2.23. The quantitative estimate of drug-likeness (QED) is 0.253. The fourth-order valence-electron chi connectivity index (χ4n) is 6.34. The number of nitrogens with one attached hydrogen (secondary N) is 1. The minimum atomic E-state index is 0.799. The van der Waals surface area contributed by atoms with Gasteiger partial charge in [-0.15, -0.1) is 0 Å². The number of rotatable bonds is 4. The van der Waals surface area contributed by atoms with Crippen molar-refractivity contribution in [2.24, 2.45) is 0 Å². The minimum Gasteiger partial charge on any atom is -0.456 e. The summed E-state index contributed by atoms with van der Waals surface area (Å²) in [5, 5.41) is 10.6. The standard InChI is InChI=1S/C37H28N2O/c1-2-14-27(15-3-1)39(32-20-8-12-25-11-4-5-16-28(25)32)33-23-35-37(31-18-7-6-17-30(31)33)36-29(19-9-21-34(36)40-35)26-13-10-22-38-24-26/h2,4-23,38H,1,3,24H2. The Morgan fingerprint density at radius 2 is 1.52 bits per heavy atom. The van der Waals surface area contributed by atoms with Crippen molar-refractivity contribution >= 4 is 60.4 Å². The summed E-state index contributed by atoms with van der Waals surface area (Å²) in [4.78, 5) is 2.42. The lowest BCUT2D eigenvalue weighted by molar-refractivity contribution is 0.669. The number of allylic oxidation sites excluding steroid dienone is 5. The molecular formula is C37H28N2O. The number of benzene rings is 5. The molecule has 5 aromatic carbocycles. The number of furan rings is 1. The Hall–Kier alpha value is -5.02. The van der Waals surface area contributed by atoms with Gasteiger partial charge < -0.3 is 14.6 Å². The molecule has 2 aliphatic rings.